The maximum absolute atomic E-state index is 12.7. The van der Waals surface area contributed by atoms with Crippen molar-refractivity contribution in [1.29, 1.82) is 0 Å². The smallest absolute Gasteiger partial charge is 0.302 e. The summed E-state index contributed by atoms with van der Waals surface area (Å²) in [6.45, 7) is 0.743. The Kier molecular flexibility index (Phi) is 6.72. The highest BCUT2D eigenvalue weighted by molar-refractivity contribution is 6.02. The largest absolute Gasteiger partial charge is 0.507 e. The van der Waals surface area contributed by atoms with Gasteiger partial charge in [-0.15, -0.1) is 0 Å². The van der Waals surface area contributed by atoms with E-state index < -0.39 is 66.7 Å². The zero-order valence-electron chi connectivity index (χ0n) is 18.4. The Morgan fingerprint density at radius 1 is 1.00 bits per heavy atom. The van der Waals surface area contributed by atoms with Crippen molar-refractivity contribution in [1.82, 2.24) is 0 Å². The molecule has 35 heavy (non-hydrogen) atoms. The molecule has 0 amide bonds. The highest BCUT2D eigenvalue weighted by Crippen LogP contribution is 2.43. The molecule has 6 atom stereocenters. The molecule has 2 aliphatic rings. The number of phenols is 3. The second kappa shape index (κ2) is 9.58. The Bertz CT molecular complexity index is 1130. The Labute approximate surface area is 198 Å². The molecule has 0 saturated carbocycles. The van der Waals surface area contributed by atoms with Gasteiger partial charge in [-0.2, -0.15) is 0 Å². The van der Waals surface area contributed by atoms with Crippen LogP contribution in [0, 0.1) is 0 Å². The van der Waals surface area contributed by atoms with Gasteiger partial charge < -0.3 is 49.6 Å². The number of carbonyl (C=O) groups excluding carboxylic acids is 2. The van der Waals surface area contributed by atoms with Crippen molar-refractivity contribution in [2.24, 2.45) is 0 Å². The van der Waals surface area contributed by atoms with Crippen LogP contribution in [0.3, 0.4) is 0 Å². The van der Waals surface area contributed by atoms with Crippen LogP contribution in [0.4, 0.5) is 0 Å². The van der Waals surface area contributed by atoms with Crippen molar-refractivity contribution in [2.45, 2.75) is 50.2 Å². The number of aromatic hydroxyl groups is 3. The average Bonchev–Trinajstić information content (AvgIpc) is 2.79. The zero-order valence-corrected chi connectivity index (χ0v) is 18.4. The number of Topliss-reactive ketones (excluding diaryl/α,β-unsaturated/α-hetero) is 1. The van der Waals surface area contributed by atoms with Crippen LogP contribution in [0.5, 0.6) is 28.7 Å². The molecule has 1 saturated heterocycles. The summed E-state index contributed by atoms with van der Waals surface area (Å²) in [5.74, 6) is -2.42. The molecule has 6 N–H and O–H groups in total. The normalized spacial score (nSPS) is 28.1. The van der Waals surface area contributed by atoms with Crippen molar-refractivity contribution >= 4 is 11.8 Å². The SMILES string of the molecule is CC(=O)OC[C@H]1O[C@@H](Oc2cc(O)c3c(c2)O[C@@H](c2ccc(O)c(O)c2)CC3=O)[C@H](O)[C@@H](O)[C@@H]1O. The number of ether oxygens (including phenoxy) is 4. The van der Waals surface area contributed by atoms with E-state index in [2.05, 4.69) is 0 Å². The molecule has 2 aromatic carbocycles. The van der Waals surface area contributed by atoms with Gasteiger partial charge in [-0.1, -0.05) is 6.07 Å². The van der Waals surface area contributed by atoms with Crippen molar-refractivity contribution in [2.75, 3.05) is 6.61 Å². The van der Waals surface area contributed by atoms with Crippen LogP contribution in [-0.2, 0) is 14.3 Å². The minimum Gasteiger partial charge on any atom is -0.507 e. The lowest BCUT2D eigenvalue weighted by molar-refractivity contribution is -0.278. The fraction of sp³-hybridized carbons (Fsp3) is 0.391. The molecule has 2 heterocycles. The second-order valence-electron chi connectivity index (χ2n) is 8.23. The van der Waals surface area contributed by atoms with Crippen LogP contribution in [0.1, 0.15) is 35.4 Å². The van der Waals surface area contributed by atoms with Crippen molar-refractivity contribution in [3.8, 4) is 28.7 Å². The van der Waals surface area contributed by atoms with E-state index in [9.17, 15) is 40.2 Å². The van der Waals surface area contributed by atoms with E-state index in [-0.39, 0.29) is 29.2 Å². The third-order valence-electron chi connectivity index (χ3n) is 5.72. The summed E-state index contributed by atoms with van der Waals surface area (Å²) in [5.41, 5.74) is 0.312. The lowest BCUT2D eigenvalue weighted by Gasteiger charge is -2.40. The number of aliphatic hydroxyl groups excluding tert-OH is 3. The lowest BCUT2D eigenvalue weighted by Crippen LogP contribution is -2.60. The molecule has 0 radical (unpaired) electrons. The van der Waals surface area contributed by atoms with E-state index in [4.69, 9.17) is 18.9 Å². The molecule has 0 aromatic heterocycles. The van der Waals surface area contributed by atoms with Gasteiger partial charge in [0.2, 0.25) is 6.29 Å². The topological polar surface area (TPSA) is 192 Å². The maximum atomic E-state index is 12.7. The summed E-state index contributed by atoms with van der Waals surface area (Å²) < 4.78 is 21.7. The monoisotopic (exact) mass is 492 g/mol. The molecular weight excluding hydrogens is 468 g/mol. The number of rotatable bonds is 5. The van der Waals surface area contributed by atoms with Crippen LogP contribution in [0.2, 0.25) is 0 Å². The first kappa shape index (κ1) is 24.5. The fourth-order valence-electron chi connectivity index (χ4n) is 3.89. The quantitative estimate of drug-likeness (QED) is 0.247. The first-order chi connectivity index (χ1) is 16.5. The molecule has 1 fully saturated rings. The fourth-order valence-corrected chi connectivity index (χ4v) is 3.89. The highest BCUT2D eigenvalue weighted by atomic mass is 16.7. The molecule has 12 heteroatoms. The highest BCUT2D eigenvalue weighted by Gasteiger charge is 2.45. The third-order valence-corrected chi connectivity index (χ3v) is 5.72. The molecule has 4 rings (SSSR count). The van der Waals surface area contributed by atoms with Gasteiger partial charge in [0.15, 0.2) is 17.3 Å². The summed E-state index contributed by atoms with van der Waals surface area (Å²) in [6.07, 6.45) is -8.68. The molecular formula is C23H24O12. The lowest BCUT2D eigenvalue weighted by atomic mass is 9.95. The second-order valence-corrected chi connectivity index (χ2v) is 8.23. The molecule has 0 aliphatic carbocycles. The van der Waals surface area contributed by atoms with E-state index >= 15 is 0 Å². The third kappa shape index (κ3) is 4.95. The van der Waals surface area contributed by atoms with E-state index in [0.29, 0.717) is 5.56 Å². The summed E-state index contributed by atoms with van der Waals surface area (Å²) in [4.78, 5) is 23.8. The molecule has 0 unspecified atom stereocenters. The first-order valence-electron chi connectivity index (χ1n) is 10.6. The van der Waals surface area contributed by atoms with Crippen molar-refractivity contribution < 1.29 is 59.2 Å². The minimum absolute atomic E-state index is 0.0452. The van der Waals surface area contributed by atoms with E-state index in [1.807, 2.05) is 0 Å². The Balaban J connectivity index is 1.57. The van der Waals surface area contributed by atoms with Gasteiger partial charge in [0, 0.05) is 19.1 Å². The van der Waals surface area contributed by atoms with Crippen molar-refractivity contribution in [3.05, 3.63) is 41.5 Å². The standard InChI is InChI=1S/C23H24O12/c1-9(24)32-8-18-20(29)21(30)22(31)23(35-18)33-11-5-14(27)19-15(28)7-16(34-17(19)6-11)10-2-3-12(25)13(26)4-10/h2-6,16,18,20-23,25-27,29-31H,7-8H2,1H3/t16-,18-,20-,21+,22-,23-/m1/s1. The van der Waals surface area contributed by atoms with Gasteiger partial charge >= 0.3 is 5.97 Å². The number of hydrogen-bond donors (Lipinski definition) is 6. The van der Waals surface area contributed by atoms with Gasteiger partial charge in [0.25, 0.3) is 0 Å². The first-order valence-corrected chi connectivity index (χ1v) is 10.6. The van der Waals surface area contributed by atoms with Gasteiger partial charge in [-0.25, -0.2) is 0 Å². The Hall–Kier alpha value is -3.58. The van der Waals surface area contributed by atoms with Gasteiger partial charge in [-0.3, -0.25) is 9.59 Å². The maximum Gasteiger partial charge on any atom is 0.302 e. The van der Waals surface area contributed by atoms with Gasteiger partial charge in [-0.05, 0) is 17.7 Å². The number of esters is 1. The summed E-state index contributed by atoms with van der Waals surface area (Å²) >= 11 is 0. The van der Waals surface area contributed by atoms with E-state index in [1.165, 1.54) is 24.3 Å². The number of fused-ring (bicyclic) bond motifs is 1. The van der Waals surface area contributed by atoms with Crippen LogP contribution in [0.25, 0.3) is 0 Å². The summed E-state index contributed by atoms with van der Waals surface area (Å²) in [5, 5.41) is 60.3. The molecule has 2 aromatic rings. The van der Waals surface area contributed by atoms with Crippen LogP contribution in [0.15, 0.2) is 30.3 Å². The number of benzene rings is 2. The molecule has 0 bridgehead atoms. The Morgan fingerprint density at radius 2 is 1.74 bits per heavy atom. The van der Waals surface area contributed by atoms with Crippen molar-refractivity contribution in [3.63, 3.8) is 0 Å². The molecule has 2 aliphatic heterocycles. The van der Waals surface area contributed by atoms with Gasteiger partial charge in [0.05, 0.1) is 6.42 Å². The average molecular weight is 492 g/mol. The molecule has 188 valence electrons. The number of carbonyl (C=O) groups is 2. The van der Waals surface area contributed by atoms with E-state index in [0.717, 1.165) is 13.0 Å². The number of hydrogen-bond acceptors (Lipinski definition) is 12. The van der Waals surface area contributed by atoms with E-state index in [1.54, 1.807) is 0 Å². The number of phenolic OH excluding ortho intramolecular Hbond substituents is 3. The van der Waals surface area contributed by atoms with Crippen LogP contribution < -0.4 is 9.47 Å². The van der Waals surface area contributed by atoms with Crippen LogP contribution in [-0.4, -0.2) is 79.7 Å². The number of aliphatic hydroxyl groups is 3. The predicted octanol–water partition coefficient (Wildman–Crippen LogP) is 0.259. The predicted molar refractivity (Wildman–Crippen MR) is 114 cm³/mol. The molecule has 12 nitrogen and oxygen atoms in total. The van der Waals surface area contributed by atoms with Crippen LogP contribution >= 0.6 is 0 Å². The minimum atomic E-state index is -1.70. The van der Waals surface area contributed by atoms with Gasteiger partial charge in [0.1, 0.15) is 59.9 Å². The zero-order chi connectivity index (χ0) is 25.4. The summed E-state index contributed by atoms with van der Waals surface area (Å²) in [6, 6.07) is 6.34. The number of ketones is 1. The summed E-state index contributed by atoms with van der Waals surface area (Å²) in [7, 11) is 0. The molecule has 0 spiro atoms. The Morgan fingerprint density at radius 3 is 2.43 bits per heavy atom.